The Kier molecular flexibility index (Phi) is 5.19. The van der Waals surface area contributed by atoms with Gasteiger partial charge in [-0.05, 0) is 42.5 Å². The molecule has 122 valence electrons. The summed E-state index contributed by atoms with van der Waals surface area (Å²) in [5.74, 6) is -1.12. The first-order valence-electron chi connectivity index (χ1n) is 6.25. The fraction of sp³-hybridized carbons (Fsp3) is 0.0714. The van der Waals surface area contributed by atoms with Crippen LogP contribution in [0.15, 0.2) is 47.4 Å². The molecule has 1 amide bonds. The second-order valence-corrected chi connectivity index (χ2v) is 6.48. The molecule has 0 radical (unpaired) electrons. The van der Waals surface area contributed by atoms with E-state index in [1.165, 1.54) is 25.3 Å². The van der Waals surface area contributed by atoms with Gasteiger partial charge in [0.25, 0.3) is 15.9 Å². The van der Waals surface area contributed by atoms with Crippen LogP contribution in [-0.2, 0) is 14.9 Å². The molecule has 0 atom stereocenters. The summed E-state index contributed by atoms with van der Waals surface area (Å²) in [7, 11) is -2.70. The highest BCUT2D eigenvalue weighted by Crippen LogP contribution is 2.26. The lowest BCUT2D eigenvalue weighted by Crippen LogP contribution is -2.22. The van der Waals surface area contributed by atoms with E-state index in [2.05, 4.69) is 15.0 Å². The lowest BCUT2D eigenvalue weighted by Gasteiger charge is -2.11. The summed E-state index contributed by atoms with van der Waals surface area (Å²) >= 11 is 5.95. The van der Waals surface area contributed by atoms with Crippen LogP contribution in [0.1, 0.15) is 10.4 Å². The molecule has 23 heavy (non-hydrogen) atoms. The first kappa shape index (κ1) is 17.2. The van der Waals surface area contributed by atoms with Gasteiger partial charge < -0.3 is 0 Å². The molecule has 0 aliphatic rings. The van der Waals surface area contributed by atoms with Crippen molar-refractivity contribution in [1.29, 1.82) is 0 Å². The van der Waals surface area contributed by atoms with Gasteiger partial charge in [0.05, 0.1) is 22.7 Å². The molecule has 2 aromatic rings. The molecular weight excluding hydrogens is 347 g/mol. The van der Waals surface area contributed by atoms with E-state index < -0.39 is 21.7 Å². The minimum atomic E-state index is -3.97. The summed E-state index contributed by atoms with van der Waals surface area (Å²) < 4.78 is 39.7. The maximum atomic E-state index is 12.9. The first-order valence-corrected chi connectivity index (χ1v) is 8.11. The minimum absolute atomic E-state index is 0.0137. The van der Waals surface area contributed by atoms with Crippen molar-refractivity contribution in [1.82, 2.24) is 5.48 Å². The summed E-state index contributed by atoms with van der Waals surface area (Å²) in [6.07, 6.45) is 0. The molecule has 0 aliphatic carbocycles. The van der Waals surface area contributed by atoms with E-state index in [1.807, 2.05) is 0 Å². The van der Waals surface area contributed by atoms with E-state index in [1.54, 1.807) is 0 Å². The van der Waals surface area contributed by atoms with Crippen molar-refractivity contribution in [3.63, 3.8) is 0 Å². The number of benzene rings is 2. The third-order valence-corrected chi connectivity index (χ3v) is 4.50. The fourth-order valence-electron chi connectivity index (χ4n) is 1.71. The van der Waals surface area contributed by atoms with Crippen molar-refractivity contribution in [2.24, 2.45) is 0 Å². The SMILES string of the molecule is CONC(=O)c1ccc(Cl)c(NS(=O)(=O)c2ccc(F)cc2)c1. The van der Waals surface area contributed by atoms with Crippen molar-refractivity contribution in [3.8, 4) is 0 Å². The van der Waals surface area contributed by atoms with Crippen LogP contribution in [0.5, 0.6) is 0 Å². The van der Waals surface area contributed by atoms with Gasteiger partial charge in [0.1, 0.15) is 5.82 Å². The van der Waals surface area contributed by atoms with E-state index >= 15 is 0 Å². The average Bonchev–Trinajstić information content (AvgIpc) is 2.50. The summed E-state index contributed by atoms with van der Waals surface area (Å²) in [6.45, 7) is 0. The van der Waals surface area contributed by atoms with Crippen LogP contribution in [0.4, 0.5) is 10.1 Å². The molecule has 2 rings (SSSR count). The molecule has 0 saturated carbocycles. The Morgan fingerprint density at radius 1 is 1.17 bits per heavy atom. The number of carbonyl (C=O) groups excluding carboxylic acids is 1. The number of anilines is 1. The van der Waals surface area contributed by atoms with Gasteiger partial charge >= 0.3 is 0 Å². The lowest BCUT2D eigenvalue weighted by molar-refractivity contribution is 0.0537. The number of rotatable bonds is 5. The van der Waals surface area contributed by atoms with E-state index in [-0.39, 0.29) is 21.2 Å². The Labute approximate surface area is 137 Å². The average molecular weight is 359 g/mol. The summed E-state index contributed by atoms with van der Waals surface area (Å²) in [4.78, 5) is 16.0. The number of halogens is 2. The zero-order valence-electron chi connectivity index (χ0n) is 11.8. The Morgan fingerprint density at radius 3 is 2.43 bits per heavy atom. The van der Waals surface area contributed by atoms with Crippen LogP contribution in [0, 0.1) is 5.82 Å². The normalized spacial score (nSPS) is 11.1. The van der Waals surface area contributed by atoms with E-state index in [0.29, 0.717) is 0 Å². The molecule has 0 bridgehead atoms. The molecule has 0 fully saturated rings. The summed E-state index contributed by atoms with van der Waals surface area (Å²) in [5.41, 5.74) is 2.27. The topological polar surface area (TPSA) is 84.5 Å². The zero-order valence-corrected chi connectivity index (χ0v) is 13.4. The van der Waals surface area contributed by atoms with Crippen molar-refractivity contribution >= 4 is 33.2 Å². The molecule has 0 spiro atoms. The van der Waals surface area contributed by atoms with Gasteiger partial charge in [0.2, 0.25) is 0 Å². The molecule has 0 unspecified atom stereocenters. The molecule has 0 saturated heterocycles. The van der Waals surface area contributed by atoms with E-state index in [0.717, 1.165) is 24.3 Å². The molecule has 0 heterocycles. The lowest BCUT2D eigenvalue weighted by atomic mass is 10.2. The predicted molar refractivity (Wildman–Crippen MR) is 83.1 cm³/mol. The summed E-state index contributed by atoms with van der Waals surface area (Å²) in [5, 5.41) is 0.102. The fourth-order valence-corrected chi connectivity index (χ4v) is 3.01. The molecule has 0 aromatic heterocycles. The Morgan fingerprint density at radius 2 is 1.83 bits per heavy atom. The predicted octanol–water partition coefficient (Wildman–Crippen LogP) is 2.57. The molecule has 6 nitrogen and oxygen atoms in total. The number of sulfonamides is 1. The quantitative estimate of drug-likeness (QED) is 0.804. The van der Waals surface area contributed by atoms with Crippen LogP contribution in [-0.4, -0.2) is 21.4 Å². The van der Waals surface area contributed by atoms with Gasteiger partial charge in [0, 0.05) is 5.56 Å². The van der Waals surface area contributed by atoms with Gasteiger partial charge in [-0.1, -0.05) is 11.6 Å². The number of nitrogens with one attached hydrogen (secondary N) is 2. The van der Waals surface area contributed by atoms with Crippen LogP contribution < -0.4 is 10.2 Å². The monoisotopic (exact) mass is 358 g/mol. The standard InChI is InChI=1S/C14H12ClFN2O4S/c1-22-17-14(19)9-2-7-12(15)13(8-9)18-23(20,21)11-5-3-10(16)4-6-11/h2-8,18H,1H3,(H,17,19). The van der Waals surface area contributed by atoms with Gasteiger partial charge in [-0.2, -0.15) is 0 Å². The summed E-state index contributed by atoms with van der Waals surface area (Å²) in [6, 6.07) is 8.33. The van der Waals surface area contributed by atoms with Gasteiger partial charge in [-0.15, -0.1) is 0 Å². The highest BCUT2D eigenvalue weighted by atomic mass is 35.5. The third kappa shape index (κ3) is 4.19. The Hall–Kier alpha value is -2.16. The van der Waals surface area contributed by atoms with Crippen molar-refractivity contribution in [3.05, 3.63) is 58.9 Å². The second kappa shape index (κ2) is 6.95. The maximum absolute atomic E-state index is 12.9. The number of hydroxylamine groups is 1. The number of carbonyl (C=O) groups is 1. The molecular formula is C14H12ClFN2O4S. The van der Waals surface area contributed by atoms with Crippen LogP contribution in [0.2, 0.25) is 5.02 Å². The van der Waals surface area contributed by atoms with Crippen molar-refractivity contribution in [2.45, 2.75) is 4.90 Å². The van der Waals surface area contributed by atoms with Crippen molar-refractivity contribution < 1.29 is 22.4 Å². The number of amides is 1. The van der Waals surface area contributed by atoms with Gasteiger partial charge in [-0.25, -0.2) is 18.3 Å². The highest BCUT2D eigenvalue weighted by Gasteiger charge is 2.17. The van der Waals surface area contributed by atoms with E-state index in [9.17, 15) is 17.6 Å². The largest absolute Gasteiger partial charge is 0.278 e. The van der Waals surface area contributed by atoms with Gasteiger partial charge in [0.15, 0.2) is 0 Å². The molecule has 2 aromatic carbocycles. The zero-order chi connectivity index (χ0) is 17.0. The Balaban J connectivity index is 2.33. The molecule has 2 N–H and O–H groups in total. The number of hydrogen-bond donors (Lipinski definition) is 2. The van der Waals surface area contributed by atoms with Crippen LogP contribution in [0.25, 0.3) is 0 Å². The van der Waals surface area contributed by atoms with Crippen LogP contribution >= 0.6 is 11.6 Å². The Bertz CT molecular complexity index is 825. The van der Waals surface area contributed by atoms with Crippen molar-refractivity contribution in [2.75, 3.05) is 11.8 Å². The smallest absolute Gasteiger partial charge is 0.274 e. The third-order valence-electron chi connectivity index (χ3n) is 2.79. The minimum Gasteiger partial charge on any atom is -0.278 e. The first-order chi connectivity index (χ1) is 10.8. The maximum Gasteiger partial charge on any atom is 0.274 e. The molecule has 9 heteroatoms. The van der Waals surface area contributed by atoms with Gasteiger partial charge in [-0.3, -0.25) is 14.4 Å². The second-order valence-electron chi connectivity index (χ2n) is 4.39. The number of hydrogen-bond acceptors (Lipinski definition) is 4. The van der Waals surface area contributed by atoms with Crippen LogP contribution in [0.3, 0.4) is 0 Å². The molecule has 0 aliphatic heterocycles. The highest BCUT2D eigenvalue weighted by molar-refractivity contribution is 7.92. The van der Waals surface area contributed by atoms with E-state index in [4.69, 9.17) is 11.6 Å².